The van der Waals surface area contributed by atoms with Crippen LogP contribution in [0.4, 0.5) is 17.3 Å². The fourth-order valence-corrected chi connectivity index (χ4v) is 3.53. The van der Waals surface area contributed by atoms with Crippen molar-refractivity contribution in [3.63, 3.8) is 0 Å². The van der Waals surface area contributed by atoms with Crippen molar-refractivity contribution in [2.24, 2.45) is 0 Å². The Labute approximate surface area is 177 Å². The molecule has 2 heterocycles. The molecule has 0 saturated heterocycles. The molecule has 2 aromatic carbocycles. The van der Waals surface area contributed by atoms with E-state index in [-0.39, 0.29) is 18.2 Å². The van der Waals surface area contributed by atoms with Gasteiger partial charge in [0.15, 0.2) is 0 Å². The lowest BCUT2D eigenvalue weighted by molar-refractivity contribution is -0.115. The van der Waals surface area contributed by atoms with Gasteiger partial charge < -0.3 is 16.0 Å². The van der Waals surface area contributed by atoms with E-state index in [4.69, 9.17) is 11.6 Å². The third-order valence-corrected chi connectivity index (χ3v) is 5.28. The molecule has 1 fully saturated rings. The number of rotatable bonds is 4. The zero-order valence-electron chi connectivity index (χ0n) is 15.9. The van der Waals surface area contributed by atoms with Crippen molar-refractivity contribution >= 4 is 40.7 Å². The lowest BCUT2D eigenvalue weighted by Gasteiger charge is -2.11. The summed E-state index contributed by atoms with van der Waals surface area (Å²) in [6.07, 6.45) is 3.95. The Hall–Kier alpha value is -3.45. The van der Waals surface area contributed by atoms with E-state index in [9.17, 15) is 9.59 Å². The van der Waals surface area contributed by atoms with Crippen LogP contribution in [0.5, 0.6) is 0 Å². The van der Waals surface area contributed by atoms with E-state index in [1.807, 2.05) is 18.2 Å². The molecule has 5 rings (SSSR count). The highest BCUT2D eigenvalue weighted by Gasteiger charge is 2.24. The van der Waals surface area contributed by atoms with Gasteiger partial charge in [-0.15, -0.1) is 0 Å². The summed E-state index contributed by atoms with van der Waals surface area (Å²) in [7, 11) is 0. The Morgan fingerprint density at radius 3 is 2.70 bits per heavy atom. The summed E-state index contributed by atoms with van der Waals surface area (Å²) in [4.78, 5) is 33.3. The molecule has 1 aliphatic carbocycles. The van der Waals surface area contributed by atoms with Gasteiger partial charge in [-0.25, -0.2) is 9.97 Å². The Morgan fingerprint density at radius 1 is 1.13 bits per heavy atom. The minimum Gasteiger partial charge on any atom is -0.349 e. The maximum Gasteiger partial charge on any atom is 0.251 e. The van der Waals surface area contributed by atoms with Gasteiger partial charge in [0.05, 0.1) is 17.8 Å². The topological polar surface area (TPSA) is 96.0 Å². The van der Waals surface area contributed by atoms with Gasteiger partial charge in [-0.3, -0.25) is 9.59 Å². The predicted octanol–water partition coefficient (Wildman–Crippen LogP) is 3.93. The van der Waals surface area contributed by atoms with Gasteiger partial charge in [-0.1, -0.05) is 11.6 Å². The monoisotopic (exact) mass is 419 g/mol. The van der Waals surface area contributed by atoms with Crippen LogP contribution in [0.1, 0.15) is 28.8 Å². The average Bonchev–Trinajstić information content (AvgIpc) is 3.54. The van der Waals surface area contributed by atoms with Crippen molar-refractivity contribution in [1.82, 2.24) is 15.3 Å². The zero-order valence-corrected chi connectivity index (χ0v) is 16.7. The summed E-state index contributed by atoms with van der Waals surface area (Å²) in [5.41, 5.74) is 4.21. The summed E-state index contributed by atoms with van der Waals surface area (Å²) in [6.45, 7) is 0. The number of nitrogens with one attached hydrogen (secondary N) is 3. The standard InChI is InChI=1S/C22H18ClN5O2/c23-14-3-8-17-18(10-14)27-19(29)9-13-11-24-22(28-20(13)17)26-16-4-1-12(2-5-16)21(30)25-15-6-7-15/h1-5,8,10-11,15H,6-7,9H2,(H,25,30)(H,27,29)(H,24,26,28). The van der Waals surface area contributed by atoms with Gasteiger partial charge in [0.2, 0.25) is 11.9 Å². The minimum absolute atomic E-state index is 0.0576. The molecular weight excluding hydrogens is 402 g/mol. The smallest absolute Gasteiger partial charge is 0.251 e. The van der Waals surface area contributed by atoms with Crippen LogP contribution in [0, 0.1) is 0 Å². The number of fused-ring (bicyclic) bond motifs is 3. The highest BCUT2D eigenvalue weighted by Crippen LogP contribution is 2.34. The lowest BCUT2D eigenvalue weighted by Crippen LogP contribution is -2.25. The summed E-state index contributed by atoms with van der Waals surface area (Å²) >= 11 is 6.08. The van der Waals surface area contributed by atoms with Crippen LogP contribution < -0.4 is 16.0 Å². The minimum atomic E-state index is -0.137. The van der Waals surface area contributed by atoms with Gasteiger partial charge in [0, 0.05) is 39.6 Å². The highest BCUT2D eigenvalue weighted by molar-refractivity contribution is 6.31. The van der Waals surface area contributed by atoms with Gasteiger partial charge in [0.25, 0.3) is 5.91 Å². The van der Waals surface area contributed by atoms with Crippen molar-refractivity contribution in [2.75, 3.05) is 10.6 Å². The molecule has 1 aliphatic heterocycles. The molecule has 7 nitrogen and oxygen atoms in total. The second-order valence-corrected chi connectivity index (χ2v) is 7.87. The molecule has 0 spiro atoms. The first kappa shape index (κ1) is 18.6. The van der Waals surface area contributed by atoms with Crippen LogP contribution in [-0.2, 0) is 11.2 Å². The zero-order chi connectivity index (χ0) is 20.7. The van der Waals surface area contributed by atoms with Crippen molar-refractivity contribution < 1.29 is 9.59 Å². The first-order valence-electron chi connectivity index (χ1n) is 9.69. The van der Waals surface area contributed by atoms with Crippen LogP contribution in [-0.4, -0.2) is 27.8 Å². The molecule has 30 heavy (non-hydrogen) atoms. The van der Waals surface area contributed by atoms with Gasteiger partial charge in [0.1, 0.15) is 0 Å². The first-order chi connectivity index (χ1) is 14.5. The molecule has 3 N–H and O–H groups in total. The van der Waals surface area contributed by atoms with E-state index in [0.29, 0.717) is 34.0 Å². The number of carbonyl (C=O) groups is 2. The normalized spacial score (nSPS) is 14.8. The predicted molar refractivity (Wildman–Crippen MR) is 115 cm³/mol. The molecule has 0 unspecified atom stereocenters. The second-order valence-electron chi connectivity index (χ2n) is 7.43. The van der Waals surface area contributed by atoms with E-state index in [1.165, 1.54) is 0 Å². The molecule has 2 amide bonds. The summed E-state index contributed by atoms with van der Waals surface area (Å²) in [5.74, 6) is 0.207. The largest absolute Gasteiger partial charge is 0.349 e. The number of carbonyl (C=O) groups excluding carboxylic acids is 2. The van der Waals surface area contributed by atoms with Gasteiger partial charge in [-0.2, -0.15) is 0 Å². The summed E-state index contributed by atoms with van der Waals surface area (Å²) in [6, 6.07) is 12.8. The maximum absolute atomic E-state index is 12.2. The molecule has 0 bridgehead atoms. The number of nitrogens with zero attached hydrogens (tertiary/aromatic N) is 2. The lowest BCUT2D eigenvalue weighted by atomic mass is 10.1. The fraction of sp³-hybridized carbons (Fsp3) is 0.182. The number of hydrogen-bond donors (Lipinski definition) is 3. The summed E-state index contributed by atoms with van der Waals surface area (Å²) in [5, 5.41) is 9.53. The number of anilines is 3. The number of aromatic nitrogens is 2. The third-order valence-electron chi connectivity index (χ3n) is 5.04. The van der Waals surface area contributed by atoms with E-state index in [1.54, 1.807) is 30.5 Å². The van der Waals surface area contributed by atoms with Gasteiger partial charge >= 0.3 is 0 Å². The molecule has 0 radical (unpaired) electrons. The SMILES string of the molecule is O=C1Cc2cnc(Nc3ccc(C(=O)NC4CC4)cc3)nc2-c2ccc(Cl)cc2N1. The molecule has 2 aliphatic rings. The van der Waals surface area contributed by atoms with E-state index < -0.39 is 0 Å². The van der Waals surface area contributed by atoms with Crippen molar-refractivity contribution in [2.45, 2.75) is 25.3 Å². The van der Waals surface area contributed by atoms with Crippen LogP contribution in [0.25, 0.3) is 11.3 Å². The average molecular weight is 420 g/mol. The summed E-state index contributed by atoms with van der Waals surface area (Å²) < 4.78 is 0. The Morgan fingerprint density at radius 2 is 1.93 bits per heavy atom. The Balaban J connectivity index is 1.41. The van der Waals surface area contributed by atoms with E-state index in [0.717, 1.165) is 29.7 Å². The number of halogens is 1. The molecule has 1 saturated carbocycles. The van der Waals surface area contributed by atoms with E-state index in [2.05, 4.69) is 25.9 Å². The molecule has 1 aromatic heterocycles. The van der Waals surface area contributed by atoms with E-state index >= 15 is 0 Å². The first-order valence-corrected chi connectivity index (χ1v) is 10.1. The molecule has 8 heteroatoms. The maximum atomic E-state index is 12.2. The Kier molecular flexibility index (Phi) is 4.59. The highest BCUT2D eigenvalue weighted by atomic mass is 35.5. The second kappa shape index (κ2) is 7.42. The Bertz CT molecular complexity index is 1160. The van der Waals surface area contributed by atoms with Crippen molar-refractivity contribution in [1.29, 1.82) is 0 Å². The van der Waals surface area contributed by atoms with Crippen LogP contribution >= 0.6 is 11.6 Å². The molecular formula is C22H18ClN5O2. The molecule has 150 valence electrons. The van der Waals surface area contributed by atoms with Crippen molar-refractivity contribution in [3.8, 4) is 11.3 Å². The third kappa shape index (κ3) is 3.84. The molecule has 0 atom stereocenters. The fourth-order valence-electron chi connectivity index (χ4n) is 3.35. The van der Waals surface area contributed by atoms with Crippen molar-refractivity contribution in [3.05, 3.63) is 64.8 Å². The molecule has 3 aromatic rings. The van der Waals surface area contributed by atoms with Crippen LogP contribution in [0.3, 0.4) is 0 Å². The quantitative estimate of drug-likeness (QED) is 0.595. The van der Waals surface area contributed by atoms with Crippen LogP contribution in [0.2, 0.25) is 5.02 Å². The number of hydrogen-bond acceptors (Lipinski definition) is 5. The number of benzene rings is 2. The van der Waals surface area contributed by atoms with Gasteiger partial charge in [-0.05, 0) is 55.3 Å². The number of amides is 2. The van der Waals surface area contributed by atoms with Crippen LogP contribution in [0.15, 0.2) is 48.7 Å².